The van der Waals surface area contributed by atoms with Gasteiger partial charge in [0.15, 0.2) is 0 Å². The summed E-state index contributed by atoms with van der Waals surface area (Å²) >= 11 is 0. The molecule has 3 aromatic carbocycles. The molecule has 0 saturated carbocycles. The Morgan fingerprint density at radius 2 is 1.64 bits per heavy atom. The third-order valence-electron chi connectivity index (χ3n) is 12.8. The number of benzene rings is 3. The van der Waals surface area contributed by atoms with E-state index in [1.54, 1.807) is 16.7 Å². The number of hydrogen-bond donors (Lipinski definition) is 0. The molecule has 50 heavy (non-hydrogen) atoms. The molecule has 1 aromatic heterocycles. The molecule has 10 rings (SSSR count). The van der Waals surface area contributed by atoms with Crippen molar-refractivity contribution in [3.05, 3.63) is 160 Å². The van der Waals surface area contributed by atoms with Crippen molar-refractivity contribution in [2.45, 2.75) is 77.7 Å². The smallest absolute Gasteiger partial charge is 0.143 e. The van der Waals surface area contributed by atoms with E-state index in [1.165, 1.54) is 68.4 Å². The second kappa shape index (κ2) is 10.8. The van der Waals surface area contributed by atoms with Gasteiger partial charge in [0, 0.05) is 44.5 Å². The van der Waals surface area contributed by atoms with Crippen molar-refractivity contribution in [2.24, 2.45) is 11.3 Å². The molecule has 0 fully saturated rings. The van der Waals surface area contributed by atoms with E-state index in [1.807, 2.05) is 0 Å². The summed E-state index contributed by atoms with van der Waals surface area (Å²) in [4.78, 5) is 2.65. The lowest BCUT2D eigenvalue weighted by molar-refractivity contribution is 0.524. The highest BCUT2D eigenvalue weighted by molar-refractivity contribution is 6.10. The van der Waals surface area contributed by atoms with Crippen molar-refractivity contribution in [3.8, 4) is 0 Å². The predicted octanol–water partition coefficient (Wildman–Crippen LogP) is 12.7. The van der Waals surface area contributed by atoms with E-state index in [9.17, 15) is 0 Å². The molecule has 0 radical (unpaired) electrons. The van der Waals surface area contributed by atoms with Crippen molar-refractivity contribution >= 4 is 38.8 Å². The number of rotatable bonds is 4. The van der Waals surface area contributed by atoms with Crippen LogP contribution in [0.3, 0.4) is 0 Å². The van der Waals surface area contributed by atoms with E-state index >= 15 is 0 Å². The van der Waals surface area contributed by atoms with Crippen LogP contribution in [0, 0.1) is 11.3 Å². The third-order valence-corrected chi connectivity index (χ3v) is 12.8. The van der Waals surface area contributed by atoms with Crippen LogP contribution >= 0.6 is 0 Å². The van der Waals surface area contributed by atoms with Crippen LogP contribution in [0.4, 0.5) is 5.69 Å². The molecule has 2 nitrogen and oxygen atoms in total. The molecule has 0 bridgehead atoms. The Kier molecular flexibility index (Phi) is 6.51. The minimum absolute atomic E-state index is 0.0480. The largest absolute Gasteiger partial charge is 0.455 e. The molecule has 1 heterocycles. The van der Waals surface area contributed by atoms with Gasteiger partial charge in [-0.25, -0.2) is 0 Å². The van der Waals surface area contributed by atoms with E-state index < -0.39 is 0 Å². The van der Waals surface area contributed by atoms with E-state index in [0.29, 0.717) is 5.92 Å². The summed E-state index contributed by atoms with van der Waals surface area (Å²) in [5.74, 6) is 0.532. The van der Waals surface area contributed by atoms with Gasteiger partial charge in [-0.15, -0.1) is 0 Å². The van der Waals surface area contributed by atoms with Crippen LogP contribution in [0.5, 0.6) is 0 Å². The van der Waals surface area contributed by atoms with E-state index in [-0.39, 0.29) is 16.9 Å². The molecule has 6 aliphatic rings. The van der Waals surface area contributed by atoms with Crippen LogP contribution in [0.25, 0.3) is 33.1 Å². The molecule has 248 valence electrons. The molecule has 0 N–H and O–H groups in total. The maximum atomic E-state index is 6.71. The maximum absolute atomic E-state index is 6.71. The molecule has 0 saturated heterocycles. The molecule has 0 spiro atoms. The SMILES string of the molecule is CC1(C)C2=CC(N(c3ccc(C4=CC=CCC4)cc3)C3C=CC4=C(C3)c3c(ccc5c3oc3ccccc35)C4(C)C)=CCC2C2=C1C=CCC2. The monoisotopic (exact) mass is 651 g/mol. The summed E-state index contributed by atoms with van der Waals surface area (Å²) in [6.07, 6.45) is 28.2. The van der Waals surface area contributed by atoms with E-state index in [4.69, 9.17) is 4.42 Å². The summed E-state index contributed by atoms with van der Waals surface area (Å²) < 4.78 is 6.71. The lowest BCUT2D eigenvalue weighted by atomic mass is 9.76. The van der Waals surface area contributed by atoms with Crippen molar-refractivity contribution in [2.75, 3.05) is 4.90 Å². The number of allylic oxidation sites excluding steroid dienone is 13. The molecule has 0 amide bonds. The first kappa shape index (κ1) is 30.0. The predicted molar refractivity (Wildman–Crippen MR) is 210 cm³/mol. The minimum Gasteiger partial charge on any atom is -0.455 e. The van der Waals surface area contributed by atoms with Gasteiger partial charge >= 0.3 is 0 Å². The van der Waals surface area contributed by atoms with Crippen molar-refractivity contribution in [1.29, 1.82) is 0 Å². The van der Waals surface area contributed by atoms with Gasteiger partial charge in [-0.1, -0.05) is 130 Å². The lowest BCUT2D eigenvalue weighted by Gasteiger charge is -2.38. The van der Waals surface area contributed by atoms with Crippen LogP contribution in [-0.2, 0) is 5.41 Å². The highest BCUT2D eigenvalue weighted by atomic mass is 16.3. The zero-order valence-electron chi connectivity index (χ0n) is 29.7. The average Bonchev–Trinajstić information content (AvgIpc) is 3.72. The zero-order chi connectivity index (χ0) is 33.8. The van der Waals surface area contributed by atoms with Crippen LogP contribution in [0.2, 0.25) is 0 Å². The van der Waals surface area contributed by atoms with Gasteiger partial charge in [-0.05, 0) is 96.2 Å². The second-order valence-corrected chi connectivity index (χ2v) is 16.2. The number of nitrogens with zero attached hydrogens (tertiary/aromatic N) is 1. The minimum atomic E-state index is -0.0839. The number of fused-ring (bicyclic) bond motifs is 8. The van der Waals surface area contributed by atoms with Crippen molar-refractivity contribution in [1.82, 2.24) is 0 Å². The highest BCUT2D eigenvalue weighted by Crippen LogP contribution is 2.57. The standard InChI is InChI=1S/C48H45NO/c1-47(2)41-26-23-33(28-39(41)45-42(47)27-25-38-37-15-9-11-17-44(37)50-46(38)45)49(32-20-18-31(19-21-32)30-12-6-5-7-13-30)34-22-24-36-35-14-8-10-16-40(35)48(3,4)43(36)29-34/h5-6,9-12,15-23,25-27,29,33,36H,7-8,13-14,24,28H2,1-4H3. The molecular formula is C48H45NO. The van der Waals surface area contributed by atoms with E-state index in [2.05, 4.69) is 148 Å². The quantitative estimate of drug-likeness (QED) is 0.218. The third kappa shape index (κ3) is 4.27. The fourth-order valence-corrected chi connectivity index (χ4v) is 10.3. The fourth-order valence-electron chi connectivity index (χ4n) is 10.3. The molecule has 2 unspecified atom stereocenters. The zero-order valence-corrected chi connectivity index (χ0v) is 29.7. The maximum Gasteiger partial charge on any atom is 0.143 e. The molecule has 2 heteroatoms. The summed E-state index contributed by atoms with van der Waals surface area (Å²) in [6, 6.07) is 22.8. The van der Waals surface area contributed by atoms with Gasteiger partial charge in [0.2, 0.25) is 0 Å². The Bertz CT molecular complexity index is 2370. The highest BCUT2D eigenvalue weighted by Gasteiger charge is 2.45. The van der Waals surface area contributed by atoms with Gasteiger partial charge in [0.1, 0.15) is 11.2 Å². The number of hydrogen-bond acceptors (Lipinski definition) is 2. The molecular weight excluding hydrogens is 607 g/mol. The average molecular weight is 652 g/mol. The first-order chi connectivity index (χ1) is 24.3. The molecule has 2 atom stereocenters. The normalized spacial score (nSPS) is 24.2. The van der Waals surface area contributed by atoms with Crippen LogP contribution < -0.4 is 4.90 Å². The Balaban J connectivity index is 1.09. The van der Waals surface area contributed by atoms with Gasteiger partial charge in [0.25, 0.3) is 0 Å². The van der Waals surface area contributed by atoms with E-state index in [0.717, 1.165) is 36.8 Å². The van der Waals surface area contributed by atoms with Gasteiger partial charge in [0.05, 0.1) is 6.04 Å². The second-order valence-electron chi connectivity index (χ2n) is 16.2. The number of para-hydroxylation sites is 1. The van der Waals surface area contributed by atoms with Crippen molar-refractivity contribution in [3.63, 3.8) is 0 Å². The van der Waals surface area contributed by atoms with Crippen molar-refractivity contribution < 1.29 is 4.42 Å². The Morgan fingerprint density at radius 3 is 2.48 bits per heavy atom. The fraction of sp³-hybridized carbons (Fsp3) is 0.292. The summed E-state index contributed by atoms with van der Waals surface area (Å²) in [6.45, 7) is 9.68. The summed E-state index contributed by atoms with van der Waals surface area (Å²) in [5.41, 5.74) is 17.7. The topological polar surface area (TPSA) is 16.4 Å². The summed E-state index contributed by atoms with van der Waals surface area (Å²) in [7, 11) is 0. The van der Waals surface area contributed by atoms with Crippen LogP contribution in [-0.4, -0.2) is 6.04 Å². The molecule has 4 aromatic rings. The van der Waals surface area contributed by atoms with Gasteiger partial charge < -0.3 is 9.32 Å². The Labute approximate surface area is 296 Å². The number of furan rings is 1. The van der Waals surface area contributed by atoms with Crippen LogP contribution in [0.1, 0.15) is 82.9 Å². The van der Waals surface area contributed by atoms with Crippen LogP contribution in [0.15, 0.2) is 148 Å². The Morgan fingerprint density at radius 1 is 0.800 bits per heavy atom. The summed E-state index contributed by atoms with van der Waals surface area (Å²) in [5, 5.41) is 2.42. The lowest BCUT2D eigenvalue weighted by Crippen LogP contribution is -2.36. The Hall–Kier alpha value is -4.82. The number of anilines is 1. The molecule has 0 aliphatic heterocycles. The van der Waals surface area contributed by atoms with Gasteiger partial charge in [-0.2, -0.15) is 0 Å². The molecule has 6 aliphatic carbocycles. The van der Waals surface area contributed by atoms with Gasteiger partial charge in [-0.3, -0.25) is 0 Å². The first-order valence-electron chi connectivity index (χ1n) is 18.8. The first-order valence-corrected chi connectivity index (χ1v) is 18.8.